The van der Waals surface area contributed by atoms with E-state index in [1.165, 1.54) is 11.1 Å². The van der Waals surface area contributed by atoms with Gasteiger partial charge < -0.3 is 9.64 Å². The number of fused-ring (bicyclic) bond motifs is 1. The van der Waals surface area contributed by atoms with Crippen molar-refractivity contribution in [1.29, 1.82) is 0 Å². The molecule has 1 saturated heterocycles. The minimum absolute atomic E-state index is 0.0259. The van der Waals surface area contributed by atoms with Crippen molar-refractivity contribution in [2.45, 2.75) is 44.6 Å². The molecule has 1 amide bonds. The van der Waals surface area contributed by atoms with Crippen molar-refractivity contribution in [3.63, 3.8) is 0 Å². The van der Waals surface area contributed by atoms with Gasteiger partial charge in [-0.1, -0.05) is 31.2 Å². The molecule has 25 heavy (non-hydrogen) atoms. The Balaban J connectivity index is 1.51. The van der Waals surface area contributed by atoms with Crippen molar-refractivity contribution in [1.82, 2.24) is 20.1 Å². The SMILES string of the molecule is CCc1nc([C@@H]2CN(C(=O)[C@@H]3CCCc4ccccc43)CCO2)n[nH]1. The van der Waals surface area contributed by atoms with Gasteiger partial charge in [0.2, 0.25) is 5.91 Å². The first kappa shape index (κ1) is 16.3. The molecule has 2 aliphatic rings. The molecule has 2 heterocycles. The zero-order chi connectivity index (χ0) is 17.2. The number of carbonyl (C=O) groups is 1. The van der Waals surface area contributed by atoms with Gasteiger partial charge in [-0.25, -0.2) is 4.98 Å². The molecular weight excluding hydrogens is 316 g/mol. The van der Waals surface area contributed by atoms with Crippen LogP contribution in [0.5, 0.6) is 0 Å². The monoisotopic (exact) mass is 340 g/mol. The van der Waals surface area contributed by atoms with Crippen LogP contribution in [0, 0.1) is 0 Å². The minimum Gasteiger partial charge on any atom is -0.366 e. The van der Waals surface area contributed by atoms with E-state index in [0.717, 1.165) is 31.5 Å². The second-order valence-corrected chi connectivity index (χ2v) is 6.78. The normalized spacial score (nSPS) is 23.3. The molecule has 6 nitrogen and oxygen atoms in total. The summed E-state index contributed by atoms with van der Waals surface area (Å²) in [7, 11) is 0. The zero-order valence-electron chi connectivity index (χ0n) is 14.6. The maximum atomic E-state index is 13.2. The van der Waals surface area contributed by atoms with E-state index in [2.05, 4.69) is 33.4 Å². The second-order valence-electron chi connectivity index (χ2n) is 6.78. The number of H-pyrrole nitrogens is 1. The number of nitrogens with one attached hydrogen (secondary N) is 1. The lowest BCUT2D eigenvalue weighted by molar-refractivity contribution is -0.141. The fraction of sp³-hybridized carbons (Fsp3) is 0.526. The van der Waals surface area contributed by atoms with Gasteiger partial charge in [-0.05, 0) is 30.4 Å². The van der Waals surface area contributed by atoms with Crippen molar-refractivity contribution in [2.24, 2.45) is 0 Å². The van der Waals surface area contributed by atoms with E-state index in [0.29, 0.717) is 25.5 Å². The standard InChI is InChI=1S/C19H24N4O2/c1-2-17-20-18(22-21-17)16-12-23(10-11-25-16)19(24)15-9-5-7-13-6-3-4-8-14(13)15/h3-4,6,8,15-16H,2,5,7,9-12H2,1H3,(H,20,21,22)/t15-,16+/m1/s1. The Kier molecular flexibility index (Phi) is 4.53. The fourth-order valence-electron chi connectivity index (χ4n) is 3.85. The Morgan fingerprint density at radius 2 is 2.28 bits per heavy atom. The summed E-state index contributed by atoms with van der Waals surface area (Å²) in [5, 5.41) is 7.18. The maximum absolute atomic E-state index is 13.2. The number of rotatable bonds is 3. The molecule has 1 aliphatic heterocycles. The number of nitrogens with zero attached hydrogens (tertiary/aromatic N) is 3. The lowest BCUT2D eigenvalue weighted by Crippen LogP contribution is -2.45. The first-order valence-corrected chi connectivity index (χ1v) is 9.15. The van der Waals surface area contributed by atoms with Crippen molar-refractivity contribution in [3.05, 3.63) is 47.0 Å². The molecule has 2 atom stereocenters. The van der Waals surface area contributed by atoms with Crippen LogP contribution in [0.2, 0.25) is 0 Å². The summed E-state index contributed by atoms with van der Waals surface area (Å²) in [6, 6.07) is 8.35. The summed E-state index contributed by atoms with van der Waals surface area (Å²) >= 11 is 0. The van der Waals surface area contributed by atoms with Crippen LogP contribution in [0.4, 0.5) is 0 Å². The number of aromatic amines is 1. The van der Waals surface area contributed by atoms with Gasteiger partial charge in [0.1, 0.15) is 11.9 Å². The number of benzene rings is 1. The number of hydrogen-bond donors (Lipinski definition) is 1. The molecule has 1 aliphatic carbocycles. The van der Waals surface area contributed by atoms with Crippen LogP contribution in [-0.4, -0.2) is 45.7 Å². The summed E-state index contributed by atoms with van der Waals surface area (Å²) < 4.78 is 5.82. The van der Waals surface area contributed by atoms with Gasteiger partial charge in [-0.2, -0.15) is 5.10 Å². The third-order valence-electron chi connectivity index (χ3n) is 5.22. The van der Waals surface area contributed by atoms with Gasteiger partial charge in [0.15, 0.2) is 5.82 Å². The van der Waals surface area contributed by atoms with E-state index in [4.69, 9.17) is 4.74 Å². The van der Waals surface area contributed by atoms with Gasteiger partial charge in [0.25, 0.3) is 0 Å². The van der Waals surface area contributed by atoms with E-state index in [-0.39, 0.29) is 17.9 Å². The van der Waals surface area contributed by atoms with E-state index in [9.17, 15) is 4.79 Å². The first-order chi connectivity index (χ1) is 12.3. The molecule has 1 aromatic carbocycles. The topological polar surface area (TPSA) is 71.1 Å². The summed E-state index contributed by atoms with van der Waals surface area (Å²) in [6.07, 6.45) is 3.64. The van der Waals surface area contributed by atoms with Crippen LogP contribution < -0.4 is 0 Å². The highest BCUT2D eigenvalue weighted by Gasteiger charge is 2.34. The second kappa shape index (κ2) is 6.96. The van der Waals surface area contributed by atoms with Crippen LogP contribution >= 0.6 is 0 Å². The molecule has 0 spiro atoms. The predicted octanol–water partition coefficient (Wildman–Crippen LogP) is 2.39. The number of aryl methyl sites for hydroxylation is 2. The Morgan fingerprint density at radius 1 is 1.40 bits per heavy atom. The smallest absolute Gasteiger partial charge is 0.230 e. The molecule has 6 heteroatoms. The minimum atomic E-state index is -0.243. The van der Waals surface area contributed by atoms with E-state index < -0.39 is 0 Å². The molecular formula is C19H24N4O2. The van der Waals surface area contributed by atoms with E-state index in [1.807, 2.05) is 17.9 Å². The molecule has 0 bridgehead atoms. The Bertz CT molecular complexity index is 757. The molecule has 1 N–H and O–H groups in total. The van der Waals surface area contributed by atoms with Gasteiger partial charge in [0, 0.05) is 13.0 Å². The quantitative estimate of drug-likeness (QED) is 0.931. The average Bonchev–Trinajstić information content (AvgIpc) is 3.16. The number of ether oxygens (including phenoxy) is 1. The zero-order valence-corrected chi connectivity index (χ0v) is 14.6. The number of hydrogen-bond acceptors (Lipinski definition) is 4. The third kappa shape index (κ3) is 3.18. The number of amides is 1. The summed E-state index contributed by atoms with van der Waals surface area (Å²) in [4.78, 5) is 19.6. The van der Waals surface area contributed by atoms with Crippen molar-refractivity contribution in [3.8, 4) is 0 Å². The highest BCUT2D eigenvalue weighted by atomic mass is 16.5. The van der Waals surface area contributed by atoms with Crippen molar-refractivity contribution in [2.75, 3.05) is 19.7 Å². The lowest BCUT2D eigenvalue weighted by Gasteiger charge is -2.35. The highest BCUT2D eigenvalue weighted by molar-refractivity contribution is 5.84. The molecule has 4 rings (SSSR count). The van der Waals surface area contributed by atoms with Crippen LogP contribution in [-0.2, 0) is 22.4 Å². The predicted molar refractivity (Wildman–Crippen MR) is 93.2 cm³/mol. The molecule has 0 radical (unpaired) electrons. The lowest BCUT2D eigenvalue weighted by atomic mass is 9.82. The van der Waals surface area contributed by atoms with Gasteiger partial charge in [0.05, 0.1) is 19.1 Å². The van der Waals surface area contributed by atoms with Crippen molar-refractivity contribution < 1.29 is 9.53 Å². The summed E-state index contributed by atoms with van der Waals surface area (Å²) in [5.74, 6) is 1.69. The van der Waals surface area contributed by atoms with Gasteiger partial charge in [-0.15, -0.1) is 0 Å². The van der Waals surface area contributed by atoms with Gasteiger partial charge >= 0.3 is 0 Å². The molecule has 132 valence electrons. The van der Waals surface area contributed by atoms with Crippen LogP contribution in [0.25, 0.3) is 0 Å². The third-order valence-corrected chi connectivity index (χ3v) is 5.22. The largest absolute Gasteiger partial charge is 0.366 e. The molecule has 0 unspecified atom stereocenters. The van der Waals surface area contributed by atoms with E-state index in [1.54, 1.807) is 0 Å². The average molecular weight is 340 g/mol. The van der Waals surface area contributed by atoms with Crippen LogP contribution in [0.1, 0.15) is 54.6 Å². The fourth-order valence-corrected chi connectivity index (χ4v) is 3.85. The summed E-state index contributed by atoms with van der Waals surface area (Å²) in [6.45, 7) is 3.72. The molecule has 0 saturated carbocycles. The van der Waals surface area contributed by atoms with Crippen LogP contribution in [0.15, 0.2) is 24.3 Å². The highest BCUT2D eigenvalue weighted by Crippen LogP contribution is 2.34. The summed E-state index contributed by atoms with van der Waals surface area (Å²) in [5.41, 5.74) is 2.52. The molecule has 1 aromatic heterocycles. The molecule has 1 fully saturated rings. The Labute approximate surface area is 147 Å². The number of carbonyl (C=O) groups excluding carboxylic acids is 1. The maximum Gasteiger partial charge on any atom is 0.230 e. The number of aromatic nitrogens is 3. The van der Waals surface area contributed by atoms with Crippen LogP contribution in [0.3, 0.4) is 0 Å². The van der Waals surface area contributed by atoms with E-state index >= 15 is 0 Å². The number of morpholine rings is 1. The Hall–Kier alpha value is -2.21. The first-order valence-electron chi connectivity index (χ1n) is 9.15. The van der Waals surface area contributed by atoms with Gasteiger partial charge in [-0.3, -0.25) is 9.89 Å². The van der Waals surface area contributed by atoms with Crippen molar-refractivity contribution >= 4 is 5.91 Å². The Morgan fingerprint density at radius 3 is 3.12 bits per heavy atom. The molecule has 2 aromatic rings.